The number of hydrogen-bond donors (Lipinski definition) is 2. The van der Waals surface area contributed by atoms with Crippen molar-refractivity contribution in [3.63, 3.8) is 0 Å². The summed E-state index contributed by atoms with van der Waals surface area (Å²) in [5.74, 6) is 3.32. The summed E-state index contributed by atoms with van der Waals surface area (Å²) in [5.41, 5.74) is 1.68. The number of aliphatic imine (C=N–C) groups is 1. The number of nitrogens with zero attached hydrogens (tertiary/aromatic N) is 2. The van der Waals surface area contributed by atoms with Gasteiger partial charge >= 0.3 is 0 Å². The molecule has 1 aliphatic heterocycles. The molecule has 1 amide bonds. The lowest BCUT2D eigenvalue weighted by Crippen LogP contribution is -2.48. The average Bonchev–Trinajstić information content (AvgIpc) is 3.26. The van der Waals surface area contributed by atoms with E-state index in [1.54, 1.807) is 6.26 Å². The van der Waals surface area contributed by atoms with Crippen molar-refractivity contribution in [1.82, 2.24) is 15.5 Å². The third kappa shape index (κ3) is 6.03. The Morgan fingerprint density at radius 2 is 2.14 bits per heavy atom. The van der Waals surface area contributed by atoms with Gasteiger partial charge in [0.05, 0.1) is 12.8 Å². The molecule has 1 aliphatic rings. The summed E-state index contributed by atoms with van der Waals surface area (Å²) in [6.07, 6.45) is 1.60. The Bertz CT molecular complexity index is 820. The van der Waals surface area contributed by atoms with Crippen molar-refractivity contribution in [2.75, 3.05) is 25.9 Å². The van der Waals surface area contributed by atoms with Crippen LogP contribution in [0.3, 0.4) is 0 Å². The van der Waals surface area contributed by atoms with Crippen molar-refractivity contribution in [3.05, 3.63) is 59.5 Å². The van der Waals surface area contributed by atoms with Crippen LogP contribution < -0.4 is 10.6 Å². The maximum atomic E-state index is 12.4. The van der Waals surface area contributed by atoms with E-state index in [1.165, 1.54) is 0 Å². The largest absolute Gasteiger partial charge is 0.467 e. The van der Waals surface area contributed by atoms with Crippen molar-refractivity contribution >= 4 is 23.6 Å². The van der Waals surface area contributed by atoms with Crippen molar-refractivity contribution in [1.29, 1.82) is 0 Å². The van der Waals surface area contributed by atoms with Gasteiger partial charge in [0.15, 0.2) is 5.96 Å². The first-order valence-corrected chi connectivity index (χ1v) is 11.1. The van der Waals surface area contributed by atoms with Crippen molar-refractivity contribution < 1.29 is 9.21 Å². The molecule has 7 heteroatoms. The fourth-order valence-electron chi connectivity index (χ4n) is 3.29. The molecule has 1 aromatic carbocycles. The Hall–Kier alpha value is -2.41. The summed E-state index contributed by atoms with van der Waals surface area (Å²) >= 11 is 2.05. The molecule has 1 atom stereocenters. The van der Waals surface area contributed by atoms with Gasteiger partial charge in [0, 0.05) is 43.2 Å². The molecule has 29 heavy (non-hydrogen) atoms. The van der Waals surface area contributed by atoms with E-state index in [1.807, 2.05) is 43.4 Å². The highest BCUT2D eigenvalue weighted by molar-refractivity contribution is 8.00. The van der Waals surface area contributed by atoms with Crippen LogP contribution in [-0.4, -0.2) is 47.9 Å². The molecule has 2 aromatic rings. The second-order valence-corrected chi connectivity index (χ2v) is 8.81. The second-order valence-electron chi connectivity index (χ2n) is 7.46. The zero-order valence-electron chi connectivity index (χ0n) is 17.4. The fraction of sp³-hybridized carbons (Fsp3) is 0.455. The van der Waals surface area contributed by atoms with Crippen molar-refractivity contribution in [2.24, 2.45) is 10.9 Å². The molecule has 1 aromatic heterocycles. The van der Waals surface area contributed by atoms with Crippen LogP contribution in [0.15, 0.2) is 52.1 Å². The lowest BCUT2D eigenvalue weighted by atomic mass is 10.1. The SMILES string of the molecule is CN=C(NCc1cccc(C(=O)NCc2ccco2)c1)N1CCSC(C(C)C)C1. The number of rotatable bonds is 6. The molecule has 0 spiro atoms. The van der Waals surface area contributed by atoms with Crippen LogP contribution in [0.25, 0.3) is 0 Å². The average molecular weight is 415 g/mol. The van der Waals surface area contributed by atoms with Crippen LogP contribution in [0.2, 0.25) is 0 Å². The third-order valence-corrected chi connectivity index (χ3v) is 6.53. The summed E-state index contributed by atoms with van der Waals surface area (Å²) in [4.78, 5) is 19.2. The molecule has 0 bridgehead atoms. The van der Waals surface area contributed by atoms with E-state index in [9.17, 15) is 4.79 Å². The van der Waals surface area contributed by atoms with Crippen LogP contribution in [0, 0.1) is 5.92 Å². The quantitative estimate of drug-likeness (QED) is 0.560. The number of amides is 1. The number of carbonyl (C=O) groups is 1. The van der Waals surface area contributed by atoms with Gasteiger partial charge in [-0.1, -0.05) is 26.0 Å². The van der Waals surface area contributed by atoms with Gasteiger partial charge in [-0.3, -0.25) is 9.79 Å². The van der Waals surface area contributed by atoms with Crippen molar-refractivity contribution in [2.45, 2.75) is 32.2 Å². The summed E-state index contributed by atoms with van der Waals surface area (Å²) in [7, 11) is 1.83. The predicted molar refractivity (Wildman–Crippen MR) is 119 cm³/mol. The minimum atomic E-state index is -0.111. The molecule has 2 N–H and O–H groups in total. The van der Waals surface area contributed by atoms with Crippen LogP contribution in [-0.2, 0) is 13.1 Å². The van der Waals surface area contributed by atoms with Gasteiger partial charge in [0.1, 0.15) is 5.76 Å². The summed E-state index contributed by atoms with van der Waals surface area (Å²) in [6.45, 7) is 7.58. The topological polar surface area (TPSA) is 69.9 Å². The van der Waals surface area contributed by atoms with Gasteiger partial charge in [0.2, 0.25) is 0 Å². The molecule has 156 valence electrons. The van der Waals surface area contributed by atoms with Gasteiger partial charge in [-0.15, -0.1) is 0 Å². The van der Waals surface area contributed by atoms with Crippen LogP contribution in [0.5, 0.6) is 0 Å². The summed E-state index contributed by atoms with van der Waals surface area (Å²) < 4.78 is 5.26. The number of carbonyl (C=O) groups excluding carboxylic acids is 1. The molecule has 6 nitrogen and oxygen atoms in total. The Balaban J connectivity index is 1.55. The van der Waals surface area contributed by atoms with E-state index in [0.29, 0.717) is 29.8 Å². The number of furan rings is 1. The lowest BCUT2D eigenvalue weighted by molar-refractivity contribution is 0.0948. The molecule has 2 heterocycles. The predicted octanol–water partition coefficient (Wildman–Crippen LogP) is 3.36. The first kappa shape index (κ1) is 21.3. The first-order chi connectivity index (χ1) is 14.1. The molecular formula is C22H30N4O2S. The van der Waals surface area contributed by atoms with E-state index >= 15 is 0 Å². The van der Waals surface area contributed by atoms with Gasteiger partial charge in [0.25, 0.3) is 5.91 Å². The number of benzene rings is 1. The van der Waals surface area contributed by atoms with E-state index in [2.05, 4.69) is 46.1 Å². The fourth-order valence-corrected chi connectivity index (χ4v) is 4.59. The highest BCUT2D eigenvalue weighted by Gasteiger charge is 2.24. The molecule has 3 rings (SSSR count). The van der Waals surface area contributed by atoms with Gasteiger partial charge in [-0.05, 0) is 35.7 Å². The maximum absolute atomic E-state index is 12.4. The highest BCUT2D eigenvalue weighted by Crippen LogP contribution is 2.24. The second kappa shape index (κ2) is 10.4. The van der Waals surface area contributed by atoms with E-state index in [-0.39, 0.29) is 5.91 Å². The van der Waals surface area contributed by atoms with Crippen molar-refractivity contribution in [3.8, 4) is 0 Å². The van der Waals surface area contributed by atoms with Crippen LogP contribution in [0.1, 0.15) is 35.5 Å². The van der Waals surface area contributed by atoms with E-state index in [4.69, 9.17) is 4.42 Å². The summed E-state index contributed by atoms with van der Waals surface area (Å²) in [6, 6.07) is 11.3. The molecule has 1 saturated heterocycles. The van der Waals surface area contributed by atoms with E-state index in [0.717, 1.165) is 36.1 Å². The normalized spacial score (nSPS) is 17.4. The Morgan fingerprint density at radius 3 is 2.86 bits per heavy atom. The Morgan fingerprint density at radius 1 is 1.28 bits per heavy atom. The maximum Gasteiger partial charge on any atom is 0.251 e. The number of thioether (sulfide) groups is 1. The standard InChI is InChI=1S/C22H30N4O2S/c1-16(2)20-15-26(9-11-29-20)22(23-3)25-13-17-6-4-7-18(12-17)21(27)24-14-19-8-5-10-28-19/h4-8,10,12,16,20H,9,11,13-15H2,1-3H3,(H,23,25)(H,24,27). The van der Waals surface area contributed by atoms with E-state index < -0.39 is 0 Å². The van der Waals surface area contributed by atoms with Crippen LogP contribution >= 0.6 is 11.8 Å². The zero-order valence-corrected chi connectivity index (χ0v) is 18.2. The minimum absolute atomic E-state index is 0.111. The van der Waals surface area contributed by atoms with Crippen LogP contribution in [0.4, 0.5) is 0 Å². The Kier molecular flexibility index (Phi) is 7.63. The smallest absolute Gasteiger partial charge is 0.251 e. The molecule has 0 saturated carbocycles. The number of guanidine groups is 1. The molecular weight excluding hydrogens is 384 g/mol. The number of hydrogen-bond acceptors (Lipinski definition) is 4. The van der Waals surface area contributed by atoms with Gasteiger partial charge in [-0.25, -0.2) is 0 Å². The molecule has 1 unspecified atom stereocenters. The monoisotopic (exact) mass is 414 g/mol. The van der Waals surface area contributed by atoms with Gasteiger partial charge in [-0.2, -0.15) is 11.8 Å². The van der Waals surface area contributed by atoms with Gasteiger partial charge < -0.3 is 20.0 Å². The molecule has 1 fully saturated rings. The first-order valence-electron chi connectivity index (χ1n) is 10.0. The number of nitrogens with one attached hydrogen (secondary N) is 2. The lowest BCUT2D eigenvalue weighted by Gasteiger charge is -2.36. The highest BCUT2D eigenvalue weighted by atomic mass is 32.2. The molecule has 0 aliphatic carbocycles. The summed E-state index contributed by atoms with van der Waals surface area (Å²) in [5, 5.41) is 6.97. The minimum Gasteiger partial charge on any atom is -0.467 e. The Labute approximate surface area is 177 Å². The molecule has 0 radical (unpaired) electrons. The third-order valence-electron chi connectivity index (χ3n) is 4.99. The zero-order chi connectivity index (χ0) is 20.6.